The Labute approximate surface area is 148 Å². The first kappa shape index (κ1) is 18.8. The van der Waals surface area contributed by atoms with Gasteiger partial charge in [-0.05, 0) is 52.3 Å². The van der Waals surface area contributed by atoms with Gasteiger partial charge in [0, 0.05) is 24.8 Å². The summed E-state index contributed by atoms with van der Waals surface area (Å²) in [6.07, 6.45) is 1.31. The normalized spacial score (nSPS) is 11.3. The van der Waals surface area contributed by atoms with Crippen LogP contribution in [0.4, 0.5) is 10.6 Å². The van der Waals surface area contributed by atoms with Gasteiger partial charge in [0.1, 0.15) is 11.4 Å². The molecule has 1 amide bonds. The van der Waals surface area contributed by atoms with Crippen molar-refractivity contribution < 1.29 is 9.53 Å². The number of alkyl carbamates (subject to hydrolysis) is 1. The number of pyridine rings is 1. The Morgan fingerprint density at radius 3 is 2.60 bits per heavy atom. The molecule has 2 aromatic rings. The molecule has 7 nitrogen and oxygen atoms in total. The number of aromatic nitrogens is 3. The maximum Gasteiger partial charge on any atom is 0.407 e. The number of rotatable bonds is 5. The third kappa shape index (κ3) is 5.77. The molecular formula is C18H27N5O2. The van der Waals surface area contributed by atoms with Crippen LogP contribution >= 0.6 is 0 Å². The monoisotopic (exact) mass is 345 g/mol. The molecule has 0 aromatic carbocycles. The minimum absolute atomic E-state index is 0.361. The lowest BCUT2D eigenvalue weighted by atomic mass is 10.2. The lowest BCUT2D eigenvalue weighted by Gasteiger charge is -2.19. The Balaban J connectivity index is 2.00. The van der Waals surface area contributed by atoms with E-state index in [0.717, 1.165) is 28.3 Å². The van der Waals surface area contributed by atoms with Gasteiger partial charge < -0.3 is 15.4 Å². The number of hydrogen-bond donors (Lipinski definition) is 2. The lowest BCUT2D eigenvalue weighted by Crippen LogP contribution is -2.32. The Hall–Kier alpha value is -2.57. The molecule has 0 unspecified atom stereocenters. The van der Waals surface area contributed by atoms with Crippen molar-refractivity contribution in [3.05, 3.63) is 40.8 Å². The van der Waals surface area contributed by atoms with E-state index >= 15 is 0 Å². The summed E-state index contributed by atoms with van der Waals surface area (Å²) >= 11 is 0. The van der Waals surface area contributed by atoms with Gasteiger partial charge in [-0.2, -0.15) is 5.10 Å². The van der Waals surface area contributed by atoms with E-state index in [1.165, 1.54) is 0 Å². The molecule has 2 N–H and O–H groups in total. The zero-order valence-electron chi connectivity index (χ0n) is 15.8. The van der Waals surface area contributed by atoms with Crippen molar-refractivity contribution in [1.82, 2.24) is 20.1 Å². The van der Waals surface area contributed by atoms with Crippen molar-refractivity contribution in [2.75, 3.05) is 5.32 Å². The molecule has 2 aromatic heterocycles. The summed E-state index contributed by atoms with van der Waals surface area (Å²) in [6, 6.07) is 4.04. The van der Waals surface area contributed by atoms with Gasteiger partial charge in [0.2, 0.25) is 0 Å². The fourth-order valence-electron chi connectivity index (χ4n) is 2.47. The van der Waals surface area contributed by atoms with Crippen LogP contribution in [0.2, 0.25) is 0 Å². The van der Waals surface area contributed by atoms with Gasteiger partial charge in [-0.15, -0.1) is 0 Å². The van der Waals surface area contributed by atoms with Crippen LogP contribution in [0.1, 0.15) is 43.3 Å². The van der Waals surface area contributed by atoms with E-state index in [0.29, 0.717) is 13.1 Å². The first-order valence-electron chi connectivity index (χ1n) is 8.30. The van der Waals surface area contributed by atoms with E-state index in [1.54, 1.807) is 10.9 Å². The van der Waals surface area contributed by atoms with Crippen LogP contribution in [0.5, 0.6) is 0 Å². The molecule has 0 fully saturated rings. The highest BCUT2D eigenvalue weighted by Crippen LogP contribution is 2.13. The number of carbonyl (C=O) groups is 1. The predicted octanol–water partition coefficient (Wildman–Crippen LogP) is 3.07. The molecule has 0 bridgehead atoms. The Bertz CT molecular complexity index is 726. The zero-order chi connectivity index (χ0) is 18.6. The summed E-state index contributed by atoms with van der Waals surface area (Å²) in [6.45, 7) is 10.4. The SMILES string of the molecule is Cc1cc(C)nc(NCc2c(CNC(=O)OC(C)(C)C)cnn2C)c1. The first-order chi connectivity index (χ1) is 11.6. The average molecular weight is 345 g/mol. The summed E-state index contributed by atoms with van der Waals surface area (Å²) in [5, 5.41) is 10.4. The fourth-order valence-corrected chi connectivity index (χ4v) is 2.47. The van der Waals surface area contributed by atoms with E-state index in [2.05, 4.69) is 20.7 Å². The highest BCUT2D eigenvalue weighted by Gasteiger charge is 2.17. The second-order valence-electron chi connectivity index (χ2n) is 7.12. The minimum Gasteiger partial charge on any atom is -0.444 e. The highest BCUT2D eigenvalue weighted by atomic mass is 16.6. The fraction of sp³-hybridized carbons (Fsp3) is 0.500. The number of aryl methyl sites for hydroxylation is 3. The quantitative estimate of drug-likeness (QED) is 0.870. The number of ether oxygens (including phenoxy) is 1. The Morgan fingerprint density at radius 2 is 1.96 bits per heavy atom. The van der Waals surface area contributed by atoms with Crippen LogP contribution in [0, 0.1) is 13.8 Å². The predicted molar refractivity (Wildman–Crippen MR) is 97.3 cm³/mol. The highest BCUT2D eigenvalue weighted by molar-refractivity contribution is 5.67. The lowest BCUT2D eigenvalue weighted by molar-refractivity contribution is 0.0523. The van der Waals surface area contributed by atoms with Crippen molar-refractivity contribution in [3.63, 3.8) is 0 Å². The number of nitrogens with zero attached hydrogens (tertiary/aromatic N) is 3. The molecule has 0 radical (unpaired) electrons. The van der Waals surface area contributed by atoms with Crippen molar-refractivity contribution in [2.45, 2.75) is 53.3 Å². The Morgan fingerprint density at radius 1 is 1.24 bits per heavy atom. The van der Waals surface area contributed by atoms with Crippen LogP contribution in [-0.4, -0.2) is 26.5 Å². The summed E-state index contributed by atoms with van der Waals surface area (Å²) in [7, 11) is 1.88. The minimum atomic E-state index is -0.516. The standard InChI is InChI=1S/C18H27N5O2/c1-12-7-13(2)22-16(8-12)19-11-15-14(10-21-23(15)6)9-20-17(24)25-18(3,4)5/h7-8,10H,9,11H2,1-6H3,(H,19,22)(H,20,24). The Kier molecular flexibility index (Phi) is 5.66. The number of amides is 1. The van der Waals surface area contributed by atoms with Gasteiger partial charge in [-0.1, -0.05) is 0 Å². The van der Waals surface area contributed by atoms with Crippen molar-refractivity contribution in [1.29, 1.82) is 0 Å². The van der Waals surface area contributed by atoms with Crippen LogP contribution in [0.25, 0.3) is 0 Å². The summed E-state index contributed by atoms with van der Waals surface area (Å²) in [5.41, 5.74) is 3.53. The molecule has 0 saturated carbocycles. The molecular weight excluding hydrogens is 318 g/mol. The number of nitrogens with one attached hydrogen (secondary N) is 2. The third-order valence-electron chi connectivity index (χ3n) is 3.50. The van der Waals surface area contributed by atoms with Crippen molar-refractivity contribution in [2.24, 2.45) is 7.05 Å². The molecule has 136 valence electrons. The number of anilines is 1. The van der Waals surface area contributed by atoms with Crippen molar-refractivity contribution >= 4 is 11.9 Å². The topological polar surface area (TPSA) is 81.1 Å². The number of hydrogen-bond acceptors (Lipinski definition) is 5. The second-order valence-corrected chi connectivity index (χ2v) is 7.12. The first-order valence-corrected chi connectivity index (χ1v) is 8.30. The van der Waals surface area contributed by atoms with Gasteiger partial charge in [0.25, 0.3) is 0 Å². The van der Waals surface area contributed by atoms with E-state index in [4.69, 9.17) is 4.74 Å². The second kappa shape index (κ2) is 7.55. The molecule has 2 heterocycles. The van der Waals surface area contributed by atoms with E-state index in [1.807, 2.05) is 53.8 Å². The van der Waals surface area contributed by atoms with Crippen LogP contribution < -0.4 is 10.6 Å². The van der Waals surface area contributed by atoms with Gasteiger partial charge in [-0.25, -0.2) is 9.78 Å². The molecule has 0 aliphatic heterocycles. The average Bonchev–Trinajstić information content (AvgIpc) is 2.80. The van der Waals surface area contributed by atoms with Gasteiger partial charge in [0.15, 0.2) is 0 Å². The molecule has 2 rings (SSSR count). The van der Waals surface area contributed by atoms with Crippen molar-refractivity contribution in [3.8, 4) is 0 Å². The molecule has 0 atom stereocenters. The number of carbonyl (C=O) groups excluding carboxylic acids is 1. The maximum absolute atomic E-state index is 11.8. The van der Waals surface area contributed by atoms with E-state index < -0.39 is 11.7 Å². The van der Waals surface area contributed by atoms with E-state index in [9.17, 15) is 4.79 Å². The van der Waals surface area contributed by atoms with Crippen LogP contribution in [0.3, 0.4) is 0 Å². The molecule has 0 aliphatic rings. The summed E-state index contributed by atoms with van der Waals surface area (Å²) in [5.74, 6) is 0.824. The molecule has 0 spiro atoms. The van der Waals surface area contributed by atoms with Crippen LogP contribution in [0.15, 0.2) is 18.3 Å². The molecule has 7 heteroatoms. The molecule has 25 heavy (non-hydrogen) atoms. The smallest absolute Gasteiger partial charge is 0.407 e. The zero-order valence-corrected chi connectivity index (χ0v) is 15.8. The molecule has 0 saturated heterocycles. The van der Waals surface area contributed by atoms with Gasteiger partial charge >= 0.3 is 6.09 Å². The van der Waals surface area contributed by atoms with E-state index in [-0.39, 0.29) is 0 Å². The molecule has 0 aliphatic carbocycles. The summed E-state index contributed by atoms with van der Waals surface area (Å²) < 4.78 is 7.05. The van der Waals surface area contributed by atoms with Gasteiger partial charge in [-0.3, -0.25) is 4.68 Å². The van der Waals surface area contributed by atoms with Gasteiger partial charge in [0.05, 0.1) is 18.4 Å². The maximum atomic E-state index is 11.8. The van der Waals surface area contributed by atoms with Crippen LogP contribution in [-0.2, 0) is 24.9 Å². The largest absolute Gasteiger partial charge is 0.444 e. The third-order valence-corrected chi connectivity index (χ3v) is 3.50. The summed E-state index contributed by atoms with van der Waals surface area (Å²) in [4.78, 5) is 16.3.